The third-order valence-corrected chi connectivity index (χ3v) is 4.70. The van der Waals surface area contributed by atoms with Crippen LogP contribution in [0.5, 0.6) is 5.75 Å². The Bertz CT molecular complexity index is 1160. The molecule has 0 bridgehead atoms. The first-order valence-electron chi connectivity index (χ1n) is 8.63. The number of ether oxygens (including phenoxy) is 1. The lowest BCUT2D eigenvalue weighted by atomic mass is 10.1. The van der Waals surface area contributed by atoms with Crippen LogP contribution >= 0.6 is 11.6 Å². The fourth-order valence-electron chi connectivity index (χ4n) is 2.96. The molecule has 0 saturated heterocycles. The van der Waals surface area contributed by atoms with Gasteiger partial charge in [-0.15, -0.1) is 0 Å². The Morgan fingerprint density at radius 3 is 2.59 bits per heavy atom. The van der Waals surface area contributed by atoms with E-state index in [0.29, 0.717) is 6.54 Å². The number of carbonyl (C=O) groups is 1. The molecule has 0 fully saturated rings. The topological polar surface area (TPSA) is 94.7 Å². The lowest BCUT2D eigenvalue weighted by Gasteiger charge is -2.18. The normalized spacial score (nSPS) is 10.7. The molecule has 0 aliphatic rings. The summed E-state index contributed by atoms with van der Waals surface area (Å²) in [4.78, 5) is 36.3. The number of hydrogen-bond donors (Lipinski definition) is 0. The Balaban J connectivity index is 1.77. The molecule has 0 aliphatic heterocycles. The van der Waals surface area contributed by atoms with Crippen LogP contribution in [0.2, 0.25) is 5.02 Å². The van der Waals surface area contributed by atoms with Gasteiger partial charge in [-0.3, -0.25) is 24.3 Å². The Morgan fingerprint density at radius 1 is 1.21 bits per heavy atom. The highest BCUT2D eigenvalue weighted by molar-refractivity contribution is 6.30. The van der Waals surface area contributed by atoms with E-state index in [2.05, 4.69) is 0 Å². The first kappa shape index (κ1) is 20.3. The molecule has 150 valence electrons. The molecular formula is C20H18ClN3O5. The number of halogens is 1. The van der Waals surface area contributed by atoms with Gasteiger partial charge in [-0.1, -0.05) is 29.8 Å². The fraction of sp³-hybridized carbons (Fsp3) is 0.200. The molecule has 1 heterocycles. The molecule has 3 rings (SSSR count). The van der Waals surface area contributed by atoms with E-state index in [1.807, 2.05) is 36.4 Å². The lowest BCUT2D eigenvalue weighted by molar-refractivity contribution is -0.386. The molecule has 1 amide bonds. The summed E-state index contributed by atoms with van der Waals surface area (Å²) in [5.41, 5.74) is -0.637. The van der Waals surface area contributed by atoms with Crippen LogP contribution in [0.25, 0.3) is 10.8 Å². The molecule has 0 radical (unpaired) electrons. The largest absolute Gasteiger partial charge is 0.497 e. The van der Waals surface area contributed by atoms with E-state index in [1.54, 1.807) is 14.2 Å². The Labute approximate surface area is 171 Å². The lowest BCUT2D eigenvalue weighted by Crippen LogP contribution is -2.34. The van der Waals surface area contributed by atoms with Gasteiger partial charge in [0, 0.05) is 25.9 Å². The fourth-order valence-corrected chi connectivity index (χ4v) is 3.18. The number of fused-ring (bicyclic) bond motifs is 1. The van der Waals surface area contributed by atoms with Crippen LogP contribution in [0.15, 0.2) is 53.5 Å². The molecule has 2 aromatic carbocycles. The standard InChI is InChI=1S/C20H18ClN3O5/c1-22(10-13-3-4-15-8-17(29-2)6-5-14(15)7-13)19(25)12-23-11-16(21)9-18(20(23)26)24(27)28/h3-9,11H,10,12H2,1-2H3. The molecule has 0 N–H and O–H groups in total. The van der Waals surface area contributed by atoms with E-state index in [1.165, 1.54) is 11.1 Å². The van der Waals surface area contributed by atoms with Gasteiger partial charge in [0.25, 0.3) is 0 Å². The number of likely N-dealkylation sites (N-methyl/N-ethyl adjacent to an activating group) is 1. The maximum absolute atomic E-state index is 12.5. The van der Waals surface area contributed by atoms with Crippen LogP contribution in [0.1, 0.15) is 5.56 Å². The number of aromatic nitrogens is 1. The average Bonchev–Trinajstić information content (AvgIpc) is 2.69. The van der Waals surface area contributed by atoms with Gasteiger partial charge in [0.15, 0.2) is 0 Å². The number of methoxy groups -OCH3 is 1. The van der Waals surface area contributed by atoms with Crippen molar-refractivity contribution in [3.63, 3.8) is 0 Å². The summed E-state index contributed by atoms with van der Waals surface area (Å²) in [6, 6.07) is 12.5. The van der Waals surface area contributed by atoms with Crippen molar-refractivity contribution in [2.75, 3.05) is 14.2 Å². The van der Waals surface area contributed by atoms with Crippen molar-refractivity contribution in [2.45, 2.75) is 13.1 Å². The van der Waals surface area contributed by atoms with Gasteiger partial charge >= 0.3 is 11.2 Å². The first-order valence-corrected chi connectivity index (χ1v) is 9.01. The number of nitro groups is 1. The van der Waals surface area contributed by atoms with E-state index >= 15 is 0 Å². The molecule has 0 saturated carbocycles. The SMILES string of the molecule is COc1ccc2cc(CN(C)C(=O)Cn3cc(Cl)cc([N+](=O)[O-])c3=O)ccc2c1. The van der Waals surface area contributed by atoms with Crippen molar-refractivity contribution in [1.29, 1.82) is 0 Å². The van der Waals surface area contributed by atoms with Crippen molar-refractivity contribution in [3.8, 4) is 5.75 Å². The highest BCUT2D eigenvalue weighted by Crippen LogP contribution is 2.22. The highest BCUT2D eigenvalue weighted by Gasteiger charge is 2.19. The van der Waals surface area contributed by atoms with Gasteiger partial charge < -0.3 is 9.64 Å². The Hall–Kier alpha value is -3.39. The highest BCUT2D eigenvalue weighted by atomic mass is 35.5. The van der Waals surface area contributed by atoms with E-state index in [-0.39, 0.29) is 17.5 Å². The van der Waals surface area contributed by atoms with Gasteiger partial charge in [0.2, 0.25) is 5.91 Å². The van der Waals surface area contributed by atoms with Crippen LogP contribution in [-0.4, -0.2) is 34.5 Å². The average molecular weight is 416 g/mol. The predicted octanol–water partition coefficient (Wildman–Crippen LogP) is 3.23. The second-order valence-electron chi connectivity index (χ2n) is 6.53. The zero-order valence-corrected chi connectivity index (χ0v) is 16.5. The summed E-state index contributed by atoms with van der Waals surface area (Å²) in [7, 11) is 3.21. The smallest absolute Gasteiger partial charge is 0.335 e. The summed E-state index contributed by atoms with van der Waals surface area (Å²) in [6.07, 6.45) is 1.21. The minimum Gasteiger partial charge on any atom is -0.497 e. The summed E-state index contributed by atoms with van der Waals surface area (Å²) in [5.74, 6) is 0.386. The van der Waals surface area contributed by atoms with Crippen LogP contribution in [-0.2, 0) is 17.9 Å². The van der Waals surface area contributed by atoms with Gasteiger partial charge in [-0.25, -0.2) is 0 Å². The Morgan fingerprint density at radius 2 is 1.90 bits per heavy atom. The summed E-state index contributed by atoms with van der Waals surface area (Å²) in [6.45, 7) is -0.0281. The molecule has 8 nitrogen and oxygen atoms in total. The molecule has 1 aromatic heterocycles. The minimum absolute atomic E-state index is 0.0108. The number of amides is 1. The second-order valence-corrected chi connectivity index (χ2v) is 6.97. The molecular weight excluding hydrogens is 398 g/mol. The minimum atomic E-state index is -0.874. The number of carbonyl (C=O) groups excluding carboxylic acids is 1. The van der Waals surface area contributed by atoms with Crippen LogP contribution in [0.3, 0.4) is 0 Å². The van der Waals surface area contributed by atoms with E-state index in [0.717, 1.165) is 32.7 Å². The monoisotopic (exact) mass is 415 g/mol. The van der Waals surface area contributed by atoms with Gasteiger partial charge in [0.05, 0.1) is 17.1 Å². The third-order valence-electron chi connectivity index (χ3n) is 4.49. The number of nitrogens with zero attached hydrogens (tertiary/aromatic N) is 3. The van der Waals surface area contributed by atoms with E-state index in [9.17, 15) is 19.7 Å². The summed E-state index contributed by atoms with van der Waals surface area (Å²) >= 11 is 5.84. The molecule has 0 atom stereocenters. The van der Waals surface area contributed by atoms with Crippen molar-refractivity contribution in [1.82, 2.24) is 9.47 Å². The summed E-state index contributed by atoms with van der Waals surface area (Å²) in [5, 5.41) is 13.0. The van der Waals surface area contributed by atoms with Gasteiger partial charge in [-0.2, -0.15) is 0 Å². The summed E-state index contributed by atoms with van der Waals surface area (Å²) < 4.78 is 6.16. The van der Waals surface area contributed by atoms with Crippen LogP contribution < -0.4 is 10.3 Å². The van der Waals surface area contributed by atoms with Crippen LogP contribution in [0.4, 0.5) is 5.69 Å². The van der Waals surface area contributed by atoms with Crippen molar-refractivity contribution < 1.29 is 14.5 Å². The zero-order chi connectivity index (χ0) is 21.1. The van der Waals surface area contributed by atoms with E-state index < -0.39 is 16.2 Å². The first-order chi connectivity index (χ1) is 13.8. The van der Waals surface area contributed by atoms with Gasteiger partial charge in [0.1, 0.15) is 12.3 Å². The quantitative estimate of drug-likeness (QED) is 0.455. The van der Waals surface area contributed by atoms with Crippen LogP contribution in [0, 0.1) is 10.1 Å². The zero-order valence-electron chi connectivity index (χ0n) is 15.8. The van der Waals surface area contributed by atoms with Crippen molar-refractivity contribution >= 4 is 34.0 Å². The molecule has 0 unspecified atom stereocenters. The van der Waals surface area contributed by atoms with E-state index in [4.69, 9.17) is 16.3 Å². The van der Waals surface area contributed by atoms with Crippen molar-refractivity contribution in [2.24, 2.45) is 0 Å². The molecule has 9 heteroatoms. The predicted molar refractivity (Wildman–Crippen MR) is 109 cm³/mol. The van der Waals surface area contributed by atoms with Crippen molar-refractivity contribution in [3.05, 3.63) is 79.7 Å². The number of hydrogen-bond acceptors (Lipinski definition) is 5. The number of benzene rings is 2. The number of rotatable bonds is 6. The second kappa shape index (κ2) is 8.32. The Kier molecular flexibility index (Phi) is 5.84. The maximum atomic E-state index is 12.5. The van der Waals surface area contributed by atoms with Gasteiger partial charge in [-0.05, 0) is 34.5 Å². The third kappa shape index (κ3) is 4.55. The molecule has 3 aromatic rings. The molecule has 0 spiro atoms. The molecule has 0 aliphatic carbocycles. The maximum Gasteiger partial charge on any atom is 0.335 e. The molecule has 29 heavy (non-hydrogen) atoms. The number of pyridine rings is 1.